The molecule has 1 atom stereocenters. The number of hydrogen-bond acceptors (Lipinski definition) is 4. The summed E-state index contributed by atoms with van der Waals surface area (Å²) in [5, 5.41) is 13.8. The van der Waals surface area contributed by atoms with Crippen LogP contribution in [0.4, 0.5) is 5.69 Å². The molecule has 20 heavy (non-hydrogen) atoms. The van der Waals surface area contributed by atoms with Gasteiger partial charge in [-0.3, -0.25) is 19.7 Å². The first kappa shape index (κ1) is 14.3. The smallest absolute Gasteiger partial charge is 0.283 e. The average molecular weight is 298 g/mol. The summed E-state index contributed by atoms with van der Waals surface area (Å²) in [4.78, 5) is 35.6. The van der Waals surface area contributed by atoms with Crippen LogP contribution in [0.15, 0.2) is 18.2 Å². The van der Waals surface area contributed by atoms with Gasteiger partial charge in [0.05, 0.1) is 4.92 Å². The van der Waals surface area contributed by atoms with Crippen LogP contribution in [0.25, 0.3) is 0 Å². The number of amides is 2. The molecule has 0 spiro atoms. The zero-order chi connectivity index (χ0) is 14.9. The molecule has 0 aliphatic carbocycles. The molecule has 0 radical (unpaired) electrons. The zero-order valence-corrected chi connectivity index (χ0v) is 11.4. The molecule has 8 heteroatoms. The van der Waals surface area contributed by atoms with Crippen LogP contribution in [-0.4, -0.2) is 40.8 Å². The number of nitro benzene ring substituents is 1. The van der Waals surface area contributed by atoms with E-state index < -0.39 is 16.9 Å². The van der Waals surface area contributed by atoms with Crippen LogP contribution in [-0.2, 0) is 4.79 Å². The third kappa shape index (κ3) is 2.57. The van der Waals surface area contributed by atoms with Gasteiger partial charge in [-0.05, 0) is 19.1 Å². The Labute approximate surface area is 119 Å². The molecule has 1 aromatic carbocycles. The third-order valence-electron chi connectivity index (χ3n) is 3.15. The second kappa shape index (κ2) is 5.46. The number of benzene rings is 1. The van der Waals surface area contributed by atoms with E-state index >= 15 is 0 Å². The molecule has 1 saturated heterocycles. The summed E-state index contributed by atoms with van der Waals surface area (Å²) < 4.78 is 0. The Morgan fingerprint density at radius 2 is 2.25 bits per heavy atom. The summed E-state index contributed by atoms with van der Waals surface area (Å²) in [5.41, 5.74) is -0.429. The van der Waals surface area contributed by atoms with E-state index in [1.54, 1.807) is 6.92 Å². The maximum Gasteiger partial charge on any atom is 0.283 e. The van der Waals surface area contributed by atoms with E-state index in [9.17, 15) is 19.7 Å². The molecule has 1 heterocycles. The van der Waals surface area contributed by atoms with E-state index in [0.29, 0.717) is 13.1 Å². The van der Waals surface area contributed by atoms with Crippen LogP contribution >= 0.6 is 11.6 Å². The number of rotatable bonds is 2. The average Bonchev–Trinajstić information content (AvgIpc) is 2.41. The predicted molar refractivity (Wildman–Crippen MR) is 71.6 cm³/mol. The van der Waals surface area contributed by atoms with Gasteiger partial charge in [0.15, 0.2) is 0 Å². The Morgan fingerprint density at radius 3 is 2.90 bits per heavy atom. The van der Waals surface area contributed by atoms with Crippen LogP contribution < -0.4 is 5.32 Å². The molecule has 0 saturated carbocycles. The Morgan fingerprint density at radius 1 is 1.55 bits per heavy atom. The Balaban J connectivity index is 2.38. The topological polar surface area (TPSA) is 92.6 Å². The van der Waals surface area contributed by atoms with Crippen molar-refractivity contribution in [1.29, 1.82) is 0 Å². The van der Waals surface area contributed by atoms with Crippen molar-refractivity contribution in [3.05, 3.63) is 38.9 Å². The largest absolute Gasteiger partial charge is 0.353 e. The normalized spacial score (nSPS) is 18.6. The quantitative estimate of drug-likeness (QED) is 0.656. The van der Waals surface area contributed by atoms with Crippen LogP contribution in [0.3, 0.4) is 0 Å². The summed E-state index contributed by atoms with van der Waals surface area (Å²) in [5.74, 6) is -0.822. The highest BCUT2D eigenvalue weighted by molar-refractivity contribution is 6.31. The summed E-state index contributed by atoms with van der Waals surface area (Å²) in [6.07, 6.45) is 0. The van der Waals surface area contributed by atoms with Gasteiger partial charge >= 0.3 is 0 Å². The van der Waals surface area contributed by atoms with Crippen molar-refractivity contribution in [2.24, 2.45) is 0 Å². The first-order chi connectivity index (χ1) is 9.41. The lowest BCUT2D eigenvalue weighted by molar-refractivity contribution is -0.385. The first-order valence-electron chi connectivity index (χ1n) is 5.94. The molecule has 106 valence electrons. The number of carbonyl (C=O) groups excluding carboxylic acids is 2. The molecule has 1 unspecified atom stereocenters. The number of hydrogen-bond donors (Lipinski definition) is 1. The third-order valence-corrected chi connectivity index (χ3v) is 3.38. The molecule has 1 fully saturated rings. The van der Waals surface area contributed by atoms with Gasteiger partial charge in [0.2, 0.25) is 5.91 Å². The molecule has 0 bridgehead atoms. The highest BCUT2D eigenvalue weighted by Crippen LogP contribution is 2.25. The molecule has 1 aliphatic rings. The van der Waals surface area contributed by atoms with Crippen molar-refractivity contribution in [3.8, 4) is 0 Å². The maximum atomic E-state index is 12.4. The van der Waals surface area contributed by atoms with E-state index in [0.717, 1.165) is 6.07 Å². The number of nitrogens with zero attached hydrogens (tertiary/aromatic N) is 2. The van der Waals surface area contributed by atoms with Gasteiger partial charge in [-0.15, -0.1) is 0 Å². The van der Waals surface area contributed by atoms with E-state index in [2.05, 4.69) is 5.32 Å². The van der Waals surface area contributed by atoms with Gasteiger partial charge in [-0.25, -0.2) is 0 Å². The Hall–Kier alpha value is -2.15. The van der Waals surface area contributed by atoms with Crippen LogP contribution in [0.2, 0.25) is 5.02 Å². The van der Waals surface area contributed by atoms with Crippen LogP contribution in [0.1, 0.15) is 17.3 Å². The fourth-order valence-electron chi connectivity index (χ4n) is 2.05. The molecule has 2 amide bonds. The molecular weight excluding hydrogens is 286 g/mol. The van der Waals surface area contributed by atoms with Gasteiger partial charge in [0.1, 0.15) is 11.6 Å². The minimum Gasteiger partial charge on any atom is -0.353 e. The van der Waals surface area contributed by atoms with Gasteiger partial charge < -0.3 is 10.2 Å². The second-order valence-corrected chi connectivity index (χ2v) is 4.82. The molecule has 1 N–H and O–H groups in total. The van der Waals surface area contributed by atoms with E-state index in [1.165, 1.54) is 17.0 Å². The van der Waals surface area contributed by atoms with Gasteiger partial charge in [0, 0.05) is 24.2 Å². The van der Waals surface area contributed by atoms with Gasteiger partial charge in [-0.1, -0.05) is 11.6 Å². The highest BCUT2D eigenvalue weighted by Gasteiger charge is 2.33. The van der Waals surface area contributed by atoms with Crippen LogP contribution in [0, 0.1) is 10.1 Å². The molecular formula is C12H12ClN3O4. The Bertz CT molecular complexity index is 590. The van der Waals surface area contributed by atoms with Gasteiger partial charge in [0.25, 0.3) is 11.6 Å². The molecule has 1 aromatic rings. The maximum absolute atomic E-state index is 12.4. The number of nitro groups is 1. The monoisotopic (exact) mass is 297 g/mol. The van der Waals surface area contributed by atoms with E-state index in [4.69, 9.17) is 11.6 Å². The number of nitrogens with one attached hydrogen (secondary N) is 1. The lowest BCUT2D eigenvalue weighted by Crippen LogP contribution is -2.55. The van der Waals surface area contributed by atoms with Crippen molar-refractivity contribution in [2.45, 2.75) is 13.0 Å². The number of piperazine rings is 1. The van der Waals surface area contributed by atoms with E-state index in [1.807, 2.05) is 0 Å². The zero-order valence-electron chi connectivity index (χ0n) is 10.6. The van der Waals surface area contributed by atoms with Gasteiger partial charge in [-0.2, -0.15) is 0 Å². The summed E-state index contributed by atoms with van der Waals surface area (Å²) in [6, 6.07) is 3.19. The second-order valence-electron chi connectivity index (χ2n) is 4.38. The summed E-state index contributed by atoms with van der Waals surface area (Å²) in [7, 11) is 0. The van der Waals surface area contributed by atoms with Crippen molar-refractivity contribution in [1.82, 2.24) is 10.2 Å². The summed E-state index contributed by atoms with van der Waals surface area (Å²) >= 11 is 5.71. The SMILES string of the molecule is CC1C(=O)NCCN1C(=O)c1ccc(Cl)cc1[N+](=O)[O-]. The number of carbonyl (C=O) groups is 2. The van der Waals surface area contributed by atoms with Crippen molar-refractivity contribution >= 4 is 29.1 Å². The Kier molecular flexibility index (Phi) is 3.89. The fourth-order valence-corrected chi connectivity index (χ4v) is 2.22. The molecule has 1 aliphatic heterocycles. The van der Waals surface area contributed by atoms with E-state index in [-0.39, 0.29) is 22.2 Å². The van der Waals surface area contributed by atoms with Crippen molar-refractivity contribution < 1.29 is 14.5 Å². The predicted octanol–water partition coefficient (Wildman–Crippen LogP) is 1.21. The summed E-state index contributed by atoms with van der Waals surface area (Å²) in [6.45, 7) is 2.22. The molecule has 0 aromatic heterocycles. The molecule has 2 rings (SSSR count). The first-order valence-corrected chi connectivity index (χ1v) is 6.32. The lowest BCUT2D eigenvalue weighted by Gasteiger charge is -2.32. The fraction of sp³-hybridized carbons (Fsp3) is 0.333. The minimum absolute atomic E-state index is 0.0686. The van der Waals surface area contributed by atoms with Crippen molar-refractivity contribution in [3.63, 3.8) is 0 Å². The number of halogens is 1. The highest BCUT2D eigenvalue weighted by atomic mass is 35.5. The minimum atomic E-state index is -0.661. The standard InChI is InChI=1S/C12H12ClN3O4/c1-7-11(17)14-4-5-15(7)12(18)9-3-2-8(13)6-10(9)16(19)20/h2-3,6-7H,4-5H2,1H3,(H,14,17). The van der Waals surface area contributed by atoms with Crippen LogP contribution in [0.5, 0.6) is 0 Å². The molecule has 7 nitrogen and oxygen atoms in total. The van der Waals surface area contributed by atoms with Crippen molar-refractivity contribution in [2.75, 3.05) is 13.1 Å². The lowest BCUT2D eigenvalue weighted by atomic mass is 10.1.